The maximum absolute atomic E-state index is 6.20. The second-order valence-corrected chi connectivity index (χ2v) is 4.45. The Morgan fingerprint density at radius 1 is 1.33 bits per heavy atom. The van der Waals surface area contributed by atoms with Crippen molar-refractivity contribution in [3.8, 4) is 0 Å². The molecule has 2 atom stereocenters. The molecule has 0 aromatic heterocycles. The first-order chi connectivity index (χ1) is 7.34. The van der Waals surface area contributed by atoms with E-state index in [0.717, 1.165) is 39.1 Å². The quantitative estimate of drug-likeness (QED) is 0.500. The lowest BCUT2D eigenvalue weighted by molar-refractivity contribution is 0.0418. The molecule has 4 heteroatoms. The van der Waals surface area contributed by atoms with E-state index in [9.17, 15) is 0 Å². The Hall–Kier alpha value is 0.170. The van der Waals surface area contributed by atoms with Gasteiger partial charge in [0, 0.05) is 25.7 Å². The smallest absolute Gasteiger partial charge is 0.0700 e. The zero-order valence-electron chi connectivity index (χ0n) is 9.41. The third-order valence-corrected chi connectivity index (χ3v) is 3.25. The second kappa shape index (κ2) is 8.34. The molecule has 0 aromatic carbocycles. The Balaban J connectivity index is 1.94. The van der Waals surface area contributed by atoms with Crippen molar-refractivity contribution in [2.75, 3.05) is 40.1 Å². The van der Waals surface area contributed by atoms with Crippen LogP contribution in [0.15, 0.2) is 0 Å². The summed E-state index contributed by atoms with van der Waals surface area (Å²) in [4.78, 5) is 0. The molecule has 90 valence electrons. The molecule has 15 heavy (non-hydrogen) atoms. The molecule has 0 amide bonds. The Kier molecular flexibility index (Phi) is 7.36. The van der Waals surface area contributed by atoms with Crippen LogP contribution in [0.2, 0.25) is 0 Å². The van der Waals surface area contributed by atoms with E-state index in [-0.39, 0.29) is 5.38 Å². The molecule has 0 aromatic rings. The summed E-state index contributed by atoms with van der Waals surface area (Å²) in [6.07, 6.45) is 3.14. The number of ether oxygens (including phenoxy) is 3. The van der Waals surface area contributed by atoms with E-state index in [1.165, 1.54) is 0 Å². The topological polar surface area (TPSA) is 27.7 Å². The van der Waals surface area contributed by atoms with Crippen LogP contribution in [-0.2, 0) is 14.2 Å². The fraction of sp³-hybridized carbons (Fsp3) is 1.00. The second-order valence-electron chi connectivity index (χ2n) is 3.89. The third-order valence-electron chi connectivity index (χ3n) is 2.68. The lowest BCUT2D eigenvalue weighted by Crippen LogP contribution is -2.28. The van der Waals surface area contributed by atoms with Crippen LogP contribution in [0, 0.1) is 5.92 Å². The molecule has 0 bridgehead atoms. The number of hydrogen-bond acceptors (Lipinski definition) is 3. The van der Waals surface area contributed by atoms with Gasteiger partial charge in [-0.05, 0) is 25.2 Å². The molecule has 0 saturated carbocycles. The molecule has 1 rings (SSSR count). The summed E-state index contributed by atoms with van der Waals surface area (Å²) < 4.78 is 15.7. The standard InChI is InChI=1S/C11H21ClO3/c1-13-7-8-14-5-2-3-10-9-15-6-4-11(10)12/h10-11H,2-9H2,1H3. The van der Waals surface area contributed by atoms with Crippen molar-refractivity contribution < 1.29 is 14.2 Å². The van der Waals surface area contributed by atoms with Gasteiger partial charge in [-0.3, -0.25) is 0 Å². The number of rotatable bonds is 7. The molecule has 1 aliphatic rings. The van der Waals surface area contributed by atoms with Crippen molar-refractivity contribution >= 4 is 11.6 Å². The first-order valence-electron chi connectivity index (χ1n) is 5.63. The van der Waals surface area contributed by atoms with Crippen molar-refractivity contribution in [3.63, 3.8) is 0 Å². The van der Waals surface area contributed by atoms with Gasteiger partial charge >= 0.3 is 0 Å². The van der Waals surface area contributed by atoms with Crippen LogP contribution < -0.4 is 0 Å². The van der Waals surface area contributed by atoms with Gasteiger partial charge < -0.3 is 14.2 Å². The normalized spacial score (nSPS) is 26.8. The molecular weight excluding hydrogens is 216 g/mol. The average molecular weight is 237 g/mol. The highest BCUT2D eigenvalue weighted by Gasteiger charge is 2.22. The molecule has 0 N–H and O–H groups in total. The summed E-state index contributed by atoms with van der Waals surface area (Å²) in [5.74, 6) is 0.506. The van der Waals surface area contributed by atoms with E-state index in [2.05, 4.69) is 0 Å². The van der Waals surface area contributed by atoms with Gasteiger partial charge in [-0.1, -0.05) is 0 Å². The molecule has 1 aliphatic heterocycles. The van der Waals surface area contributed by atoms with Crippen molar-refractivity contribution in [1.82, 2.24) is 0 Å². The van der Waals surface area contributed by atoms with Crippen LogP contribution in [0.5, 0.6) is 0 Å². The molecule has 3 nitrogen and oxygen atoms in total. The van der Waals surface area contributed by atoms with E-state index in [1.54, 1.807) is 7.11 Å². The van der Waals surface area contributed by atoms with Crippen LogP contribution in [0.4, 0.5) is 0 Å². The lowest BCUT2D eigenvalue weighted by atomic mass is 9.96. The molecule has 0 radical (unpaired) electrons. The predicted molar refractivity (Wildman–Crippen MR) is 60.5 cm³/mol. The monoisotopic (exact) mass is 236 g/mol. The van der Waals surface area contributed by atoms with Crippen LogP contribution >= 0.6 is 11.6 Å². The fourth-order valence-electron chi connectivity index (χ4n) is 1.73. The molecule has 1 saturated heterocycles. The van der Waals surface area contributed by atoms with Gasteiger partial charge in [0.25, 0.3) is 0 Å². The number of halogens is 1. The summed E-state index contributed by atoms with van der Waals surface area (Å²) in [6.45, 7) is 3.78. The minimum atomic E-state index is 0.290. The van der Waals surface area contributed by atoms with Crippen LogP contribution in [0.1, 0.15) is 19.3 Å². The van der Waals surface area contributed by atoms with Gasteiger partial charge in [-0.25, -0.2) is 0 Å². The van der Waals surface area contributed by atoms with Crippen molar-refractivity contribution in [3.05, 3.63) is 0 Å². The molecule has 0 aliphatic carbocycles. The highest BCUT2D eigenvalue weighted by molar-refractivity contribution is 6.20. The number of alkyl halides is 1. The van der Waals surface area contributed by atoms with Gasteiger partial charge in [-0.2, -0.15) is 0 Å². The highest BCUT2D eigenvalue weighted by Crippen LogP contribution is 2.24. The highest BCUT2D eigenvalue weighted by atomic mass is 35.5. The Morgan fingerprint density at radius 3 is 2.93 bits per heavy atom. The van der Waals surface area contributed by atoms with E-state index in [0.29, 0.717) is 19.1 Å². The van der Waals surface area contributed by atoms with Gasteiger partial charge in [0.15, 0.2) is 0 Å². The SMILES string of the molecule is COCCOCCCC1COCCC1Cl. The van der Waals surface area contributed by atoms with E-state index < -0.39 is 0 Å². The van der Waals surface area contributed by atoms with Crippen molar-refractivity contribution in [2.24, 2.45) is 5.92 Å². The summed E-state index contributed by atoms with van der Waals surface area (Å²) in [7, 11) is 1.68. The first-order valence-corrected chi connectivity index (χ1v) is 6.06. The Morgan fingerprint density at radius 2 is 2.20 bits per heavy atom. The van der Waals surface area contributed by atoms with Crippen LogP contribution in [0.3, 0.4) is 0 Å². The van der Waals surface area contributed by atoms with Gasteiger partial charge in [0.2, 0.25) is 0 Å². The minimum Gasteiger partial charge on any atom is -0.382 e. The Bertz CT molecular complexity index is 155. The van der Waals surface area contributed by atoms with Gasteiger partial charge in [0.1, 0.15) is 0 Å². The molecule has 2 unspecified atom stereocenters. The molecule has 0 spiro atoms. The molecule has 1 heterocycles. The van der Waals surface area contributed by atoms with Crippen LogP contribution in [0.25, 0.3) is 0 Å². The molecular formula is C11H21ClO3. The van der Waals surface area contributed by atoms with Crippen molar-refractivity contribution in [2.45, 2.75) is 24.6 Å². The summed E-state index contributed by atoms with van der Waals surface area (Å²) in [5, 5.41) is 0.290. The Labute approximate surface area is 97.0 Å². The zero-order valence-corrected chi connectivity index (χ0v) is 10.2. The first kappa shape index (κ1) is 13.2. The largest absolute Gasteiger partial charge is 0.382 e. The van der Waals surface area contributed by atoms with Crippen molar-refractivity contribution in [1.29, 1.82) is 0 Å². The summed E-state index contributed by atoms with van der Waals surface area (Å²) in [5.41, 5.74) is 0. The number of methoxy groups -OCH3 is 1. The lowest BCUT2D eigenvalue weighted by Gasteiger charge is -2.27. The van der Waals surface area contributed by atoms with Gasteiger partial charge in [0.05, 0.1) is 19.8 Å². The third kappa shape index (κ3) is 5.71. The van der Waals surface area contributed by atoms with E-state index in [1.807, 2.05) is 0 Å². The van der Waals surface area contributed by atoms with Gasteiger partial charge in [-0.15, -0.1) is 11.6 Å². The summed E-state index contributed by atoms with van der Waals surface area (Å²) in [6, 6.07) is 0. The maximum atomic E-state index is 6.20. The fourth-order valence-corrected chi connectivity index (χ4v) is 2.01. The number of hydrogen-bond donors (Lipinski definition) is 0. The zero-order chi connectivity index (χ0) is 10.9. The molecule has 1 fully saturated rings. The summed E-state index contributed by atoms with van der Waals surface area (Å²) >= 11 is 6.20. The minimum absolute atomic E-state index is 0.290. The predicted octanol–water partition coefficient (Wildman–Crippen LogP) is 2.07. The van der Waals surface area contributed by atoms with E-state index in [4.69, 9.17) is 25.8 Å². The van der Waals surface area contributed by atoms with E-state index >= 15 is 0 Å². The average Bonchev–Trinajstić information content (AvgIpc) is 2.25. The van der Waals surface area contributed by atoms with Crippen LogP contribution in [-0.4, -0.2) is 45.5 Å². The maximum Gasteiger partial charge on any atom is 0.0700 e.